The van der Waals surface area contributed by atoms with Crippen molar-refractivity contribution >= 4 is 5.69 Å². The third-order valence-electron chi connectivity index (χ3n) is 2.95. The summed E-state index contributed by atoms with van der Waals surface area (Å²) in [5, 5.41) is 11.6. The summed E-state index contributed by atoms with van der Waals surface area (Å²) in [6.45, 7) is 0. The number of fused-ring (bicyclic) bond motifs is 1. The van der Waals surface area contributed by atoms with Crippen molar-refractivity contribution in [2.24, 2.45) is 7.05 Å². The fourth-order valence-corrected chi connectivity index (χ4v) is 2.24. The summed E-state index contributed by atoms with van der Waals surface area (Å²) in [4.78, 5) is 0. The molecule has 2 heterocycles. The van der Waals surface area contributed by atoms with Crippen LogP contribution in [-0.4, -0.2) is 21.0 Å². The van der Waals surface area contributed by atoms with Crippen LogP contribution in [0.3, 0.4) is 0 Å². The molecule has 1 aromatic carbocycles. The van der Waals surface area contributed by atoms with E-state index in [9.17, 15) is 0 Å². The van der Waals surface area contributed by atoms with Gasteiger partial charge in [-0.3, -0.25) is 4.68 Å². The number of anilines is 1. The van der Waals surface area contributed by atoms with Gasteiger partial charge in [0.2, 0.25) is 0 Å². The summed E-state index contributed by atoms with van der Waals surface area (Å²) in [5.74, 6) is 0. The van der Waals surface area contributed by atoms with E-state index >= 15 is 0 Å². The van der Waals surface area contributed by atoms with Crippen LogP contribution in [0.15, 0.2) is 30.5 Å². The van der Waals surface area contributed by atoms with Gasteiger partial charge >= 0.3 is 0 Å². The number of aryl methyl sites for hydroxylation is 1. The first-order valence-corrected chi connectivity index (χ1v) is 5.51. The summed E-state index contributed by atoms with van der Waals surface area (Å²) in [6, 6.07) is 8.92. The van der Waals surface area contributed by atoms with Crippen LogP contribution in [0.2, 0.25) is 0 Å². The minimum atomic E-state index is 0.453. The van der Waals surface area contributed by atoms with Crippen LogP contribution in [0, 0.1) is 0 Å². The molecule has 16 heavy (non-hydrogen) atoms. The van der Waals surface area contributed by atoms with Crippen LogP contribution >= 0.6 is 0 Å². The van der Waals surface area contributed by atoms with E-state index in [1.54, 1.807) is 4.68 Å². The Bertz CT molecular complexity index is 478. The maximum absolute atomic E-state index is 4.12. The second-order valence-electron chi connectivity index (χ2n) is 4.29. The maximum Gasteiger partial charge on any atom is 0.0847 e. The van der Waals surface area contributed by atoms with E-state index in [1.165, 1.54) is 11.3 Å². The lowest BCUT2D eigenvalue weighted by Gasteiger charge is -2.08. The second kappa shape index (κ2) is 3.63. The Morgan fingerprint density at radius 1 is 1.44 bits per heavy atom. The van der Waals surface area contributed by atoms with E-state index in [0.29, 0.717) is 6.04 Å². The van der Waals surface area contributed by atoms with Crippen molar-refractivity contribution < 1.29 is 0 Å². The molecule has 1 aromatic heterocycles. The first-order chi connectivity index (χ1) is 7.81. The predicted octanol–water partition coefficient (Wildman–Crippen LogP) is 1.39. The monoisotopic (exact) mass is 214 g/mol. The zero-order valence-corrected chi connectivity index (χ0v) is 9.22. The topological polar surface area (TPSA) is 42.7 Å². The Morgan fingerprint density at radius 3 is 3.06 bits per heavy atom. The number of hydrogen-bond donors (Lipinski definition) is 1. The van der Waals surface area contributed by atoms with Gasteiger partial charge in [0.1, 0.15) is 0 Å². The molecule has 0 saturated heterocycles. The van der Waals surface area contributed by atoms with Crippen molar-refractivity contribution in [3.05, 3.63) is 41.7 Å². The summed E-state index contributed by atoms with van der Waals surface area (Å²) in [6.07, 6.45) is 3.99. The lowest BCUT2D eigenvalue weighted by atomic mass is 10.1. The molecule has 0 radical (unpaired) electrons. The van der Waals surface area contributed by atoms with Gasteiger partial charge < -0.3 is 5.32 Å². The predicted molar refractivity (Wildman–Crippen MR) is 62.3 cm³/mol. The SMILES string of the molecule is Cn1cc(CC2Cc3ccccc3N2)nn1. The van der Waals surface area contributed by atoms with Crippen molar-refractivity contribution in [1.29, 1.82) is 0 Å². The fraction of sp³-hybridized carbons (Fsp3) is 0.333. The number of para-hydroxylation sites is 1. The van der Waals surface area contributed by atoms with E-state index in [-0.39, 0.29) is 0 Å². The zero-order valence-electron chi connectivity index (χ0n) is 9.22. The molecular weight excluding hydrogens is 200 g/mol. The van der Waals surface area contributed by atoms with Gasteiger partial charge in [-0.25, -0.2) is 0 Å². The van der Waals surface area contributed by atoms with Crippen LogP contribution in [0.4, 0.5) is 5.69 Å². The van der Waals surface area contributed by atoms with Crippen LogP contribution in [0.1, 0.15) is 11.3 Å². The Kier molecular flexibility index (Phi) is 2.13. The smallest absolute Gasteiger partial charge is 0.0847 e. The molecule has 1 unspecified atom stereocenters. The highest BCUT2D eigenvalue weighted by atomic mass is 15.4. The fourth-order valence-electron chi connectivity index (χ4n) is 2.24. The summed E-state index contributed by atoms with van der Waals surface area (Å²) in [7, 11) is 1.90. The Morgan fingerprint density at radius 2 is 2.31 bits per heavy atom. The van der Waals surface area contributed by atoms with Crippen LogP contribution in [0.25, 0.3) is 0 Å². The van der Waals surface area contributed by atoms with Gasteiger partial charge in [-0.1, -0.05) is 23.4 Å². The van der Waals surface area contributed by atoms with Gasteiger partial charge in [-0.15, -0.1) is 5.10 Å². The number of aromatic nitrogens is 3. The molecule has 82 valence electrons. The normalized spacial score (nSPS) is 18.2. The van der Waals surface area contributed by atoms with Crippen molar-refractivity contribution in [3.63, 3.8) is 0 Å². The largest absolute Gasteiger partial charge is 0.381 e. The molecule has 4 heteroatoms. The molecule has 2 aromatic rings. The number of nitrogens with zero attached hydrogens (tertiary/aromatic N) is 3. The van der Waals surface area contributed by atoms with Crippen LogP contribution < -0.4 is 5.32 Å². The van der Waals surface area contributed by atoms with E-state index in [2.05, 4.69) is 39.9 Å². The molecule has 1 N–H and O–H groups in total. The van der Waals surface area contributed by atoms with E-state index in [1.807, 2.05) is 13.2 Å². The quantitative estimate of drug-likeness (QED) is 0.821. The minimum Gasteiger partial charge on any atom is -0.381 e. The first-order valence-electron chi connectivity index (χ1n) is 5.51. The summed E-state index contributed by atoms with van der Waals surface area (Å²) in [5.41, 5.74) is 3.71. The number of benzene rings is 1. The van der Waals surface area contributed by atoms with Gasteiger partial charge in [-0.05, 0) is 18.1 Å². The molecule has 0 bridgehead atoms. The second-order valence-corrected chi connectivity index (χ2v) is 4.29. The zero-order chi connectivity index (χ0) is 11.0. The van der Waals surface area contributed by atoms with Crippen LogP contribution in [-0.2, 0) is 19.9 Å². The number of hydrogen-bond acceptors (Lipinski definition) is 3. The highest BCUT2D eigenvalue weighted by molar-refractivity contribution is 5.56. The average Bonchev–Trinajstić information content (AvgIpc) is 2.84. The van der Waals surface area contributed by atoms with Crippen molar-refractivity contribution in [2.75, 3.05) is 5.32 Å². The van der Waals surface area contributed by atoms with Crippen LogP contribution in [0.5, 0.6) is 0 Å². The van der Waals surface area contributed by atoms with Crippen molar-refractivity contribution in [2.45, 2.75) is 18.9 Å². The molecular formula is C12H14N4. The van der Waals surface area contributed by atoms with Gasteiger partial charge in [-0.2, -0.15) is 0 Å². The molecule has 0 spiro atoms. The third kappa shape index (κ3) is 1.66. The molecule has 0 amide bonds. The highest BCUT2D eigenvalue weighted by Crippen LogP contribution is 2.26. The molecule has 1 atom stereocenters. The first kappa shape index (κ1) is 9.39. The summed E-state index contributed by atoms with van der Waals surface area (Å²) < 4.78 is 1.75. The van der Waals surface area contributed by atoms with Gasteiger partial charge in [0.15, 0.2) is 0 Å². The Labute approximate surface area is 94.3 Å². The summed E-state index contributed by atoms with van der Waals surface area (Å²) >= 11 is 0. The molecule has 0 saturated carbocycles. The standard InChI is InChI=1S/C12H14N4/c1-16-8-11(14-15-16)7-10-6-9-4-2-3-5-12(9)13-10/h2-5,8,10,13H,6-7H2,1H3. The van der Waals surface area contributed by atoms with E-state index in [4.69, 9.17) is 0 Å². The lowest BCUT2D eigenvalue weighted by Crippen LogP contribution is -2.18. The Balaban J connectivity index is 1.72. The lowest BCUT2D eigenvalue weighted by molar-refractivity contribution is 0.704. The highest BCUT2D eigenvalue weighted by Gasteiger charge is 2.20. The number of nitrogens with one attached hydrogen (secondary N) is 1. The van der Waals surface area contributed by atoms with Gasteiger partial charge in [0.05, 0.1) is 5.69 Å². The Hall–Kier alpha value is -1.84. The van der Waals surface area contributed by atoms with E-state index in [0.717, 1.165) is 18.5 Å². The molecule has 3 rings (SSSR count). The number of rotatable bonds is 2. The van der Waals surface area contributed by atoms with Crippen molar-refractivity contribution in [3.8, 4) is 0 Å². The molecule has 0 fully saturated rings. The molecule has 1 aliphatic rings. The maximum atomic E-state index is 4.12. The van der Waals surface area contributed by atoms with Gasteiger partial charge in [0.25, 0.3) is 0 Å². The molecule has 1 aliphatic heterocycles. The third-order valence-corrected chi connectivity index (χ3v) is 2.95. The van der Waals surface area contributed by atoms with Crippen molar-refractivity contribution in [1.82, 2.24) is 15.0 Å². The average molecular weight is 214 g/mol. The molecule has 4 nitrogen and oxygen atoms in total. The van der Waals surface area contributed by atoms with E-state index < -0.39 is 0 Å². The minimum absolute atomic E-state index is 0.453. The van der Waals surface area contributed by atoms with Gasteiger partial charge in [0, 0.05) is 31.4 Å². The molecule has 0 aliphatic carbocycles.